The monoisotopic (exact) mass is 191 g/mol. The Bertz CT molecular complexity index is 309. The number of nitrogens with zero attached hydrogens (tertiary/aromatic N) is 2. The zero-order chi connectivity index (χ0) is 9.97. The third-order valence-corrected chi connectivity index (χ3v) is 2.61. The highest BCUT2D eigenvalue weighted by molar-refractivity contribution is 5.25. The number of aromatic nitrogens is 1. The molecule has 76 valence electrons. The Morgan fingerprint density at radius 1 is 1.50 bits per heavy atom. The van der Waals surface area contributed by atoms with Crippen molar-refractivity contribution in [2.24, 2.45) is 0 Å². The molecule has 1 heterocycles. The molecular weight excluding hydrogens is 174 g/mol. The van der Waals surface area contributed by atoms with Crippen molar-refractivity contribution in [1.29, 1.82) is 0 Å². The van der Waals surface area contributed by atoms with Crippen LogP contribution in [-0.4, -0.2) is 24.1 Å². The maximum atomic E-state index is 4.46. The summed E-state index contributed by atoms with van der Waals surface area (Å²) in [6, 6.07) is 4.61. The molecule has 0 radical (unpaired) electrons. The Labute approximate surface area is 85.1 Å². The summed E-state index contributed by atoms with van der Waals surface area (Å²) in [5.41, 5.74) is 6.04. The fourth-order valence-electron chi connectivity index (χ4n) is 2.05. The van der Waals surface area contributed by atoms with Gasteiger partial charge in [-0.3, -0.25) is 4.98 Å². The predicted octanol–water partition coefficient (Wildman–Crippen LogP) is 1.53. The lowest BCUT2D eigenvalue weighted by Gasteiger charge is -2.27. The van der Waals surface area contributed by atoms with E-state index in [-0.39, 0.29) is 0 Å². The van der Waals surface area contributed by atoms with Gasteiger partial charge in [-0.25, -0.2) is 10.4 Å². The van der Waals surface area contributed by atoms with Crippen LogP contribution in [-0.2, 0) is 6.42 Å². The van der Waals surface area contributed by atoms with Gasteiger partial charge in [0.2, 0.25) is 0 Å². The minimum absolute atomic E-state index is 0.398. The van der Waals surface area contributed by atoms with Crippen LogP contribution in [0.25, 0.3) is 0 Å². The average Bonchev–Trinajstić information content (AvgIpc) is 2.18. The lowest BCUT2D eigenvalue weighted by atomic mass is 9.92. The van der Waals surface area contributed by atoms with Crippen LogP contribution >= 0.6 is 0 Å². The Morgan fingerprint density at radius 2 is 2.36 bits per heavy atom. The number of hydrazine groups is 1. The van der Waals surface area contributed by atoms with Gasteiger partial charge in [-0.15, -0.1) is 0 Å². The Kier molecular flexibility index (Phi) is 2.79. The van der Waals surface area contributed by atoms with E-state index in [0.717, 1.165) is 0 Å². The van der Waals surface area contributed by atoms with E-state index in [1.165, 1.54) is 30.5 Å². The summed E-state index contributed by atoms with van der Waals surface area (Å²) in [7, 11) is 4.05. The third kappa shape index (κ3) is 1.94. The normalized spacial score (nSPS) is 20.9. The standard InChI is InChI=1S/C11H17N3/c1-14(2)13-10-7-3-5-9-6-4-8-12-11(9)10/h4,6,8,10,13H,3,5,7H2,1-2H3. The van der Waals surface area contributed by atoms with E-state index in [4.69, 9.17) is 0 Å². The Balaban J connectivity index is 2.22. The highest BCUT2D eigenvalue weighted by atomic mass is 15.5. The molecule has 1 unspecified atom stereocenters. The zero-order valence-corrected chi connectivity index (χ0v) is 8.83. The van der Waals surface area contributed by atoms with Gasteiger partial charge in [0, 0.05) is 20.3 Å². The third-order valence-electron chi connectivity index (χ3n) is 2.61. The minimum atomic E-state index is 0.398. The lowest BCUT2D eigenvalue weighted by molar-refractivity contribution is 0.225. The second-order valence-corrected chi connectivity index (χ2v) is 4.02. The number of rotatable bonds is 2. The second-order valence-electron chi connectivity index (χ2n) is 4.02. The fraction of sp³-hybridized carbons (Fsp3) is 0.545. The first-order valence-corrected chi connectivity index (χ1v) is 5.14. The van der Waals surface area contributed by atoms with Crippen molar-refractivity contribution in [2.45, 2.75) is 25.3 Å². The molecule has 0 aromatic carbocycles. The molecule has 2 rings (SSSR count). The molecule has 0 bridgehead atoms. The van der Waals surface area contributed by atoms with Crippen LogP contribution in [0.1, 0.15) is 30.1 Å². The van der Waals surface area contributed by atoms with Crippen molar-refractivity contribution in [2.75, 3.05) is 14.1 Å². The molecule has 1 aliphatic rings. The molecular formula is C11H17N3. The Morgan fingerprint density at radius 3 is 3.14 bits per heavy atom. The van der Waals surface area contributed by atoms with E-state index in [1.807, 2.05) is 31.4 Å². The number of hydrogen-bond acceptors (Lipinski definition) is 3. The molecule has 1 aromatic heterocycles. The van der Waals surface area contributed by atoms with Crippen molar-refractivity contribution in [3.63, 3.8) is 0 Å². The molecule has 0 saturated carbocycles. The summed E-state index contributed by atoms with van der Waals surface area (Å²) < 4.78 is 0. The quantitative estimate of drug-likeness (QED) is 0.718. The molecule has 1 atom stereocenters. The van der Waals surface area contributed by atoms with E-state index in [1.54, 1.807) is 0 Å². The van der Waals surface area contributed by atoms with E-state index in [9.17, 15) is 0 Å². The second kappa shape index (κ2) is 4.07. The summed E-state index contributed by atoms with van der Waals surface area (Å²) in [5.74, 6) is 0. The number of hydrogen-bond donors (Lipinski definition) is 1. The number of fused-ring (bicyclic) bond motifs is 1. The van der Waals surface area contributed by atoms with Crippen LogP contribution in [0.4, 0.5) is 0 Å². The fourth-order valence-corrected chi connectivity index (χ4v) is 2.05. The molecule has 1 N–H and O–H groups in total. The van der Waals surface area contributed by atoms with E-state index >= 15 is 0 Å². The number of aryl methyl sites for hydroxylation is 1. The average molecular weight is 191 g/mol. The van der Waals surface area contributed by atoms with Crippen LogP contribution in [0.2, 0.25) is 0 Å². The van der Waals surface area contributed by atoms with Gasteiger partial charge in [0.15, 0.2) is 0 Å². The summed E-state index contributed by atoms with van der Waals surface area (Å²) in [6.07, 6.45) is 5.50. The van der Waals surface area contributed by atoms with Crippen molar-refractivity contribution in [3.05, 3.63) is 29.6 Å². The summed E-state index contributed by atoms with van der Waals surface area (Å²) >= 11 is 0. The van der Waals surface area contributed by atoms with Gasteiger partial charge >= 0.3 is 0 Å². The van der Waals surface area contributed by atoms with Gasteiger partial charge in [0.1, 0.15) is 0 Å². The van der Waals surface area contributed by atoms with E-state index in [2.05, 4.69) is 16.5 Å². The Hall–Kier alpha value is -0.930. The predicted molar refractivity (Wildman–Crippen MR) is 56.7 cm³/mol. The molecule has 1 aliphatic carbocycles. The van der Waals surface area contributed by atoms with Crippen molar-refractivity contribution >= 4 is 0 Å². The van der Waals surface area contributed by atoms with Crippen molar-refractivity contribution < 1.29 is 0 Å². The van der Waals surface area contributed by atoms with Gasteiger partial charge in [-0.2, -0.15) is 0 Å². The van der Waals surface area contributed by atoms with Crippen LogP contribution in [0.15, 0.2) is 18.3 Å². The molecule has 1 aromatic rings. The van der Waals surface area contributed by atoms with E-state index in [0.29, 0.717) is 6.04 Å². The van der Waals surface area contributed by atoms with Gasteiger partial charge in [0.25, 0.3) is 0 Å². The summed E-state index contributed by atoms with van der Waals surface area (Å²) in [5, 5.41) is 2.01. The van der Waals surface area contributed by atoms with Gasteiger partial charge in [-0.05, 0) is 30.9 Å². The van der Waals surface area contributed by atoms with Crippen molar-refractivity contribution in [1.82, 2.24) is 15.4 Å². The number of nitrogens with one attached hydrogen (secondary N) is 1. The molecule has 3 heteroatoms. The highest BCUT2D eigenvalue weighted by Gasteiger charge is 2.20. The summed E-state index contributed by atoms with van der Waals surface area (Å²) in [4.78, 5) is 4.46. The minimum Gasteiger partial charge on any atom is -0.259 e. The molecule has 0 aliphatic heterocycles. The highest BCUT2D eigenvalue weighted by Crippen LogP contribution is 2.27. The van der Waals surface area contributed by atoms with Crippen LogP contribution in [0.5, 0.6) is 0 Å². The maximum absolute atomic E-state index is 4.46. The lowest BCUT2D eigenvalue weighted by Crippen LogP contribution is -2.36. The first kappa shape index (κ1) is 9.62. The molecule has 0 saturated heterocycles. The molecule has 14 heavy (non-hydrogen) atoms. The summed E-state index contributed by atoms with van der Waals surface area (Å²) in [6.45, 7) is 0. The molecule has 0 fully saturated rings. The topological polar surface area (TPSA) is 28.2 Å². The van der Waals surface area contributed by atoms with E-state index < -0.39 is 0 Å². The maximum Gasteiger partial charge on any atom is 0.0639 e. The van der Waals surface area contributed by atoms with Crippen LogP contribution < -0.4 is 5.43 Å². The molecule has 0 spiro atoms. The first-order valence-electron chi connectivity index (χ1n) is 5.14. The zero-order valence-electron chi connectivity index (χ0n) is 8.83. The van der Waals surface area contributed by atoms with Crippen LogP contribution in [0.3, 0.4) is 0 Å². The largest absolute Gasteiger partial charge is 0.259 e. The van der Waals surface area contributed by atoms with Crippen molar-refractivity contribution in [3.8, 4) is 0 Å². The van der Waals surface area contributed by atoms with Gasteiger partial charge < -0.3 is 0 Å². The van der Waals surface area contributed by atoms with Crippen LogP contribution in [0, 0.1) is 0 Å². The SMILES string of the molecule is CN(C)NC1CCCc2cccnc21. The van der Waals surface area contributed by atoms with Gasteiger partial charge in [0.05, 0.1) is 11.7 Å². The molecule has 0 amide bonds. The smallest absolute Gasteiger partial charge is 0.0639 e. The first-order chi connectivity index (χ1) is 6.77. The van der Waals surface area contributed by atoms with Gasteiger partial charge in [-0.1, -0.05) is 6.07 Å². The molecule has 3 nitrogen and oxygen atoms in total. The number of pyridine rings is 1.